The standard InChI is InChI=1S/2C24H23N3O2.C22H19NO4S/c1-15-3-5-22-20(11-15)26-24(28)19-12-17(4-6-21(19)29-22)18-7-9-25-23(13-18)27-10-8-16(2)14-27;1-16-5-7-22-20(13-16)26-24(28)19-14-17(6-8-21(19)29-22)18-9-10-25-23(15-18)27-11-3-2-4-12-27;1-3-28(25,26)17-6-4-5-15(12-17)16-8-10-20-18(13-16)22(24)23-19-11-14(2)7-9-21(19)27-20/h3-7,9,11-13,16H,8,10,14H2,1-2H3,(H,26,28);5-10,13-15H,2-4,11-12H2,1H3,(H,26,28);4-13H,3H2,1-2H3,(H,23,24)/t16-;;/m0../s1. The van der Waals surface area contributed by atoms with Gasteiger partial charge < -0.3 is 40.0 Å². The second kappa shape index (κ2) is 24.1. The first-order chi connectivity index (χ1) is 41.6. The zero-order chi connectivity index (χ0) is 59.6. The fourth-order valence-corrected chi connectivity index (χ4v) is 12.1. The second-order valence-corrected chi connectivity index (χ2v) is 24.7. The van der Waals surface area contributed by atoms with Crippen LogP contribution >= 0.6 is 0 Å². The number of hydrogen-bond acceptors (Lipinski definition) is 12. The van der Waals surface area contributed by atoms with Crippen LogP contribution < -0.4 is 40.0 Å². The summed E-state index contributed by atoms with van der Waals surface area (Å²) in [4.78, 5) is 52.5. The molecule has 3 amide bonds. The van der Waals surface area contributed by atoms with Crippen molar-refractivity contribution in [3.63, 3.8) is 0 Å². The van der Waals surface area contributed by atoms with Crippen molar-refractivity contribution in [1.29, 1.82) is 0 Å². The van der Waals surface area contributed by atoms with Gasteiger partial charge >= 0.3 is 0 Å². The van der Waals surface area contributed by atoms with Gasteiger partial charge in [0, 0.05) is 38.6 Å². The van der Waals surface area contributed by atoms with Gasteiger partial charge in [-0.2, -0.15) is 0 Å². The average molecular weight is 1160 g/mol. The van der Waals surface area contributed by atoms with Gasteiger partial charge in [0.25, 0.3) is 17.7 Å². The number of nitrogens with zero attached hydrogens (tertiary/aromatic N) is 4. The molecule has 2 saturated heterocycles. The third kappa shape index (κ3) is 12.2. The van der Waals surface area contributed by atoms with Crippen LogP contribution in [0.4, 0.5) is 28.7 Å². The molecule has 0 saturated carbocycles. The highest BCUT2D eigenvalue weighted by molar-refractivity contribution is 7.91. The van der Waals surface area contributed by atoms with E-state index in [1.807, 2.05) is 148 Å². The lowest BCUT2D eigenvalue weighted by molar-refractivity contribution is 0.101. The number of amides is 3. The van der Waals surface area contributed by atoms with Crippen molar-refractivity contribution in [3.8, 4) is 67.9 Å². The quantitative estimate of drug-likeness (QED) is 0.138. The lowest BCUT2D eigenvalue weighted by atomic mass is 10.0. The molecule has 0 unspecified atom stereocenters. The first-order valence-electron chi connectivity index (χ1n) is 29.1. The highest BCUT2D eigenvalue weighted by atomic mass is 32.2. The molecule has 0 aliphatic carbocycles. The largest absolute Gasteiger partial charge is 0.454 e. The molecular formula is C70H65N7O8S. The van der Waals surface area contributed by atoms with Crippen LogP contribution in [0.1, 0.15) is 87.3 Å². The highest BCUT2D eigenvalue weighted by Crippen LogP contribution is 2.42. The molecule has 3 N–H and O–H groups in total. The van der Waals surface area contributed by atoms with E-state index in [2.05, 4.69) is 54.8 Å². The lowest BCUT2D eigenvalue weighted by Crippen LogP contribution is -2.30. The summed E-state index contributed by atoms with van der Waals surface area (Å²) in [5.74, 6) is 5.64. The topological polar surface area (TPSA) is 181 Å². The van der Waals surface area contributed by atoms with E-state index in [0.717, 1.165) is 87.9 Å². The third-order valence-corrected chi connectivity index (χ3v) is 17.7. The zero-order valence-corrected chi connectivity index (χ0v) is 49.4. The van der Waals surface area contributed by atoms with Crippen molar-refractivity contribution in [2.75, 3.05) is 57.7 Å². The fraction of sp³-hybridized carbons (Fsp3) is 0.214. The summed E-state index contributed by atoms with van der Waals surface area (Å²) < 4.78 is 42.4. The molecule has 9 aromatic rings. The van der Waals surface area contributed by atoms with Gasteiger partial charge in [0.1, 0.15) is 28.9 Å². The fourth-order valence-electron chi connectivity index (χ4n) is 11.2. The maximum Gasteiger partial charge on any atom is 0.259 e. The van der Waals surface area contributed by atoms with E-state index in [-0.39, 0.29) is 28.4 Å². The molecule has 0 bridgehead atoms. The van der Waals surface area contributed by atoms with Crippen LogP contribution in [0.25, 0.3) is 33.4 Å². The van der Waals surface area contributed by atoms with Gasteiger partial charge in [0.15, 0.2) is 27.1 Å². The van der Waals surface area contributed by atoms with Crippen molar-refractivity contribution in [3.05, 3.63) is 203 Å². The third-order valence-electron chi connectivity index (χ3n) is 16.0. The Balaban J connectivity index is 0.000000126. The minimum absolute atomic E-state index is 0.0363. The molecule has 0 spiro atoms. The Morgan fingerprint density at radius 1 is 0.465 bits per heavy atom. The molecule has 1 atom stereocenters. The number of ether oxygens (including phenoxy) is 3. The van der Waals surface area contributed by atoms with Crippen LogP contribution in [0.3, 0.4) is 0 Å². The monoisotopic (exact) mass is 1160 g/mol. The van der Waals surface area contributed by atoms with E-state index in [9.17, 15) is 22.8 Å². The Kier molecular flexibility index (Phi) is 15.8. The SMILES string of the molecule is CCS(=O)(=O)c1cccc(-c2ccc3c(c2)C(=O)Nc2cc(C)ccc2O3)c1.Cc1ccc2c(c1)NC(=O)c1cc(-c3ccnc(N4CCCCC4)c3)ccc1O2.Cc1ccc2c(c1)NC(=O)c1cc(-c3ccnc(N4CC[C@H](C)C4)c3)ccc1O2. The van der Waals surface area contributed by atoms with E-state index in [0.29, 0.717) is 74.2 Å². The number of fused-ring (bicyclic) bond motifs is 6. The van der Waals surface area contributed by atoms with Gasteiger partial charge in [-0.3, -0.25) is 14.4 Å². The lowest BCUT2D eigenvalue weighted by Gasteiger charge is -2.28. The number of nitrogens with one attached hydrogen (secondary N) is 3. The number of carbonyl (C=O) groups is 3. The molecule has 434 valence electrons. The van der Waals surface area contributed by atoms with Crippen LogP contribution in [0, 0.1) is 26.7 Å². The van der Waals surface area contributed by atoms with E-state index < -0.39 is 9.84 Å². The molecule has 7 aromatic carbocycles. The smallest absolute Gasteiger partial charge is 0.259 e. The molecule has 0 radical (unpaired) electrons. The Bertz CT molecular complexity index is 4090. The van der Waals surface area contributed by atoms with Crippen molar-refractivity contribution in [2.24, 2.45) is 5.92 Å². The van der Waals surface area contributed by atoms with Crippen molar-refractivity contribution >= 4 is 56.3 Å². The van der Waals surface area contributed by atoms with E-state index >= 15 is 0 Å². The number of carbonyl (C=O) groups excluding carboxylic acids is 3. The molecule has 16 heteroatoms. The number of anilines is 5. The van der Waals surface area contributed by atoms with Crippen LogP contribution in [0.15, 0.2) is 175 Å². The van der Waals surface area contributed by atoms with E-state index in [1.165, 1.54) is 25.7 Å². The molecule has 15 nitrogen and oxygen atoms in total. The molecule has 7 heterocycles. The minimum Gasteiger partial charge on any atom is -0.454 e. The van der Waals surface area contributed by atoms with Crippen molar-refractivity contribution in [1.82, 2.24) is 9.97 Å². The Labute approximate surface area is 500 Å². The number of rotatable bonds is 7. The van der Waals surface area contributed by atoms with Crippen molar-refractivity contribution < 1.29 is 37.0 Å². The molecular weight excluding hydrogens is 1100 g/mol. The van der Waals surface area contributed by atoms with Gasteiger partial charge in [-0.15, -0.1) is 0 Å². The first-order valence-corrected chi connectivity index (χ1v) is 30.7. The number of aryl methyl sites for hydroxylation is 3. The molecule has 5 aliphatic heterocycles. The molecule has 86 heavy (non-hydrogen) atoms. The molecule has 2 aromatic heterocycles. The maximum atomic E-state index is 12.9. The Morgan fingerprint density at radius 2 is 0.872 bits per heavy atom. The summed E-state index contributed by atoms with van der Waals surface area (Å²) >= 11 is 0. The molecule has 2 fully saturated rings. The van der Waals surface area contributed by atoms with Crippen molar-refractivity contribution in [2.45, 2.75) is 65.2 Å². The van der Waals surface area contributed by atoms with E-state index in [4.69, 9.17) is 14.2 Å². The molecule has 5 aliphatic rings. The summed E-state index contributed by atoms with van der Waals surface area (Å²) in [5.41, 5.74) is 12.2. The summed E-state index contributed by atoms with van der Waals surface area (Å²) in [7, 11) is -3.31. The van der Waals surface area contributed by atoms with Gasteiger partial charge in [0.05, 0.1) is 44.4 Å². The Morgan fingerprint density at radius 3 is 1.29 bits per heavy atom. The first kappa shape index (κ1) is 56.7. The number of aromatic nitrogens is 2. The molecule has 14 rings (SSSR count). The number of benzene rings is 7. The number of piperidine rings is 1. The normalized spacial score (nSPS) is 15.5. The van der Waals surface area contributed by atoms with Gasteiger partial charge in [-0.25, -0.2) is 18.4 Å². The average Bonchev–Trinajstić information content (AvgIpc) is 3.72. The number of sulfone groups is 1. The number of pyridine rings is 2. The summed E-state index contributed by atoms with van der Waals surface area (Å²) in [6.07, 6.45) is 8.60. The van der Waals surface area contributed by atoms with Crippen LogP contribution in [0.5, 0.6) is 34.5 Å². The zero-order valence-electron chi connectivity index (χ0n) is 48.6. The van der Waals surface area contributed by atoms with Gasteiger partial charge in [0.2, 0.25) is 0 Å². The Hall–Kier alpha value is -9.80. The summed E-state index contributed by atoms with van der Waals surface area (Å²) in [6.45, 7) is 14.0. The van der Waals surface area contributed by atoms with Gasteiger partial charge in [-0.1, -0.05) is 62.4 Å². The predicted octanol–water partition coefficient (Wildman–Crippen LogP) is 15.5. The number of hydrogen-bond donors (Lipinski definition) is 3. The summed E-state index contributed by atoms with van der Waals surface area (Å²) in [5, 5.41) is 8.83. The maximum absolute atomic E-state index is 12.9. The van der Waals surface area contributed by atoms with Gasteiger partial charge in [-0.05, 0) is 212 Å². The summed E-state index contributed by atoms with van der Waals surface area (Å²) in [6, 6.07) is 48.9. The second-order valence-electron chi connectivity index (χ2n) is 22.4. The van der Waals surface area contributed by atoms with Crippen LogP contribution in [-0.4, -0.2) is 68.0 Å². The highest BCUT2D eigenvalue weighted by Gasteiger charge is 2.27. The van der Waals surface area contributed by atoms with Crippen LogP contribution in [-0.2, 0) is 9.84 Å². The predicted molar refractivity (Wildman–Crippen MR) is 339 cm³/mol. The van der Waals surface area contributed by atoms with Crippen LogP contribution in [0.2, 0.25) is 0 Å². The minimum atomic E-state index is -3.31. The van der Waals surface area contributed by atoms with E-state index in [1.54, 1.807) is 37.3 Å².